The molecule has 0 heterocycles. The van der Waals surface area contributed by atoms with Crippen LogP contribution in [0.5, 0.6) is 0 Å². The Bertz CT molecular complexity index is 687. The molecule has 1 aromatic carbocycles. The monoisotopic (exact) mass is 372 g/mol. The Hall–Kier alpha value is -1.97. The first-order valence-corrected chi connectivity index (χ1v) is 9.29. The van der Waals surface area contributed by atoms with Crippen LogP contribution in [-0.4, -0.2) is 52.7 Å². The van der Waals surface area contributed by atoms with E-state index in [9.17, 15) is 18.0 Å². The molecule has 0 aromatic heterocycles. The fourth-order valence-corrected chi connectivity index (χ4v) is 3.22. The van der Waals surface area contributed by atoms with Gasteiger partial charge in [0.25, 0.3) is 5.91 Å². The molecule has 2 N–H and O–H groups in total. The average molecular weight is 372 g/mol. The predicted molar refractivity (Wildman–Crippen MR) is 91.7 cm³/mol. The summed E-state index contributed by atoms with van der Waals surface area (Å²) in [6.07, 6.45) is -0.938. The van der Waals surface area contributed by atoms with Gasteiger partial charge in [-0.25, -0.2) is 17.9 Å². The van der Waals surface area contributed by atoms with Gasteiger partial charge in [0.1, 0.15) is 0 Å². The Labute approximate surface area is 147 Å². The van der Waals surface area contributed by atoms with Crippen molar-refractivity contribution in [2.24, 2.45) is 0 Å². The zero-order chi connectivity index (χ0) is 19.0. The second-order valence-corrected chi connectivity index (χ2v) is 7.16. The summed E-state index contributed by atoms with van der Waals surface area (Å²) < 4.78 is 36.8. The molecular weight excluding hydrogens is 348 g/mol. The molecule has 0 aliphatic carbocycles. The van der Waals surface area contributed by atoms with Crippen molar-refractivity contribution in [2.45, 2.75) is 37.8 Å². The number of carbonyl (C=O) groups is 2. The highest BCUT2D eigenvalue weighted by molar-refractivity contribution is 7.89. The Morgan fingerprint density at radius 3 is 2.28 bits per heavy atom. The third kappa shape index (κ3) is 6.45. The number of ether oxygens (including phenoxy) is 2. The normalized spacial score (nSPS) is 13.8. The number of sulfonamides is 1. The van der Waals surface area contributed by atoms with Crippen molar-refractivity contribution >= 4 is 21.9 Å². The van der Waals surface area contributed by atoms with Gasteiger partial charge in [0.2, 0.25) is 10.0 Å². The second-order valence-electron chi connectivity index (χ2n) is 5.44. The fraction of sp³-hybridized carbons (Fsp3) is 0.500. The van der Waals surface area contributed by atoms with E-state index < -0.39 is 34.0 Å². The van der Waals surface area contributed by atoms with Crippen molar-refractivity contribution in [3.05, 3.63) is 29.8 Å². The number of esters is 1. The van der Waals surface area contributed by atoms with E-state index >= 15 is 0 Å². The van der Waals surface area contributed by atoms with Gasteiger partial charge >= 0.3 is 5.97 Å². The minimum absolute atomic E-state index is 0.0174. The molecule has 0 unspecified atom stereocenters. The number of amides is 1. The van der Waals surface area contributed by atoms with Gasteiger partial charge < -0.3 is 14.8 Å². The Balaban J connectivity index is 2.78. The number of hydrogen-bond acceptors (Lipinski definition) is 6. The van der Waals surface area contributed by atoms with E-state index in [2.05, 4.69) is 10.0 Å². The number of hydrogen-bond donors (Lipinski definition) is 2. The number of carbonyl (C=O) groups excluding carboxylic acids is 2. The van der Waals surface area contributed by atoms with Crippen LogP contribution in [0.2, 0.25) is 0 Å². The molecule has 0 bridgehead atoms. The van der Waals surface area contributed by atoms with E-state index in [-0.39, 0.29) is 17.1 Å². The molecule has 1 rings (SSSR count). The van der Waals surface area contributed by atoms with Crippen LogP contribution in [0.4, 0.5) is 0 Å². The average Bonchev–Trinajstić information content (AvgIpc) is 2.54. The molecular formula is C16H24N2O6S. The van der Waals surface area contributed by atoms with Gasteiger partial charge in [-0.15, -0.1) is 0 Å². The summed E-state index contributed by atoms with van der Waals surface area (Å²) in [5.74, 6) is -1.10. The molecule has 1 aromatic rings. The number of rotatable bonds is 9. The molecule has 0 saturated heterocycles. The van der Waals surface area contributed by atoms with Crippen molar-refractivity contribution < 1.29 is 27.5 Å². The van der Waals surface area contributed by atoms with Crippen molar-refractivity contribution in [2.75, 3.05) is 20.3 Å². The summed E-state index contributed by atoms with van der Waals surface area (Å²) in [6.45, 7) is 5.56. The van der Waals surface area contributed by atoms with Gasteiger partial charge in [-0.1, -0.05) is 0 Å². The van der Waals surface area contributed by atoms with Crippen LogP contribution < -0.4 is 10.0 Å². The lowest BCUT2D eigenvalue weighted by atomic mass is 10.2. The quantitative estimate of drug-likeness (QED) is 0.617. The minimum atomic E-state index is -3.71. The topological polar surface area (TPSA) is 111 Å². The number of benzene rings is 1. The summed E-state index contributed by atoms with van der Waals surface area (Å²) in [5, 5.41) is 2.55. The molecule has 1 amide bonds. The largest absolute Gasteiger partial charge is 0.449 e. The van der Waals surface area contributed by atoms with Gasteiger partial charge in [-0.3, -0.25) is 4.79 Å². The van der Waals surface area contributed by atoms with Gasteiger partial charge in [0.15, 0.2) is 6.10 Å². The van der Waals surface area contributed by atoms with Crippen LogP contribution in [0.1, 0.15) is 31.1 Å². The minimum Gasteiger partial charge on any atom is -0.449 e. The Morgan fingerprint density at radius 2 is 1.76 bits per heavy atom. The lowest BCUT2D eigenvalue weighted by molar-refractivity contribution is -0.128. The Kier molecular flexibility index (Phi) is 8.01. The molecule has 0 radical (unpaired) electrons. The number of likely N-dealkylation sites (N-methyl/N-ethyl adjacent to an activating group) is 1. The first-order chi connectivity index (χ1) is 11.7. The maximum atomic E-state index is 12.2. The molecule has 0 fully saturated rings. The summed E-state index contributed by atoms with van der Waals surface area (Å²) in [7, 11) is -2.24. The summed E-state index contributed by atoms with van der Waals surface area (Å²) in [6, 6.07) is 4.88. The van der Waals surface area contributed by atoms with Crippen molar-refractivity contribution in [1.82, 2.24) is 10.0 Å². The van der Waals surface area contributed by atoms with Gasteiger partial charge in [-0.2, -0.15) is 0 Å². The molecule has 8 nitrogen and oxygen atoms in total. The standard InChI is InChI=1S/C16H24N2O6S/c1-5-17-15(19)12(3)24-16(20)13-6-8-14(9-7-13)25(21,22)18-11(2)10-23-4/h6-9,11-12,18H,5,10H2,1-4H3,(H,17,19)/t11-,12-/m1/s1. The van der Waals surface area contributed by atoms with E-state index in [1.807, 2.05) is 0 Å². The zero-order valence-corrected chi connectivity index (χ0v) is 15.6. The fourth-order valence-electron chi connectivity index (χ4n) is 1.99. The van der Waals surface area contributed by atoms with E-state index in [4.69, 9.17) is 9.47 Å². The molecule has 9 heteroatoms. The smallest absolute Gasteiger partial charge is 0.338 e. The molecule has 25 heavy (non-hydrogen) atoms. The van der Waals surface area contributed by atoms with Crippen LogP contribution in [0, 0.1) is 0 Å². The van der Waals surface area contributed by atoms with E-state index in [0.717, 1.165) is 0 Å². The highest BCUT2D eigenvalue weighted by Crippen LogP contribution is 2.13. The molecule has 0 aliphatic rings. The summed E-state index contributed by atoms with van der Waals surface area (Å²) in [5.41, 5.74) is 0.153. The van der Waals surface area contributed by atoms with Crippen molar-refractivity contribution in [3.63, 3.8) is 0 Å². The molecule has 2 atom stereocenters. The highest BCUT2D eigenvalue weighted by atomic mass is 32.2. The highest BCUT2D eigenvalue weighted by Gasteiger charge is 2.20. The summed E-state index contributed by atoms with van der Waals surface area (Å²) >= 11 is 0. The lowest BCUT2D eigenvalue weighted by Gasteiger charge is -2.14. The van der Waals surface area contributed by atoms with Crippen molar-refractivity contribution in [1.29, 1.82) is 0 Å². The molecule has 0 spiro atoms. The van der Waals surface area contributed by atoms with Gasteiger partial charge in [0.05, 0.1) is 17.1 Å². The van der Waals surface area contributed by atoms with E-state index in [0.29, 0.717) is 6.54 Å². The first kappa shape index (κ1) is 21.1. The summed E-state index contributed by atoms with van der Waals surface area (Å²) in [4.78, 5) is 23.6. The molecule has 0 saturated carbocycles. The van der Waals surface area contributed by atoms with E-state index in [1.54, 1.807) is 13.8 Å². The SMILES string of the molecule is CCNC(=O)[C@@H](C)OC(=O)c1ccc(S(=O)(=O)N[C@H](C)COC)cc1. The van der Waals surface area contributed by atoms with Gasteiger partial charge in [0, 0.05) is 19.7 Å². The third-order valence-electron chi connectivity index (χ3n) is 3.18. The molecule has 0 aliphatic heterocycles. The first-order valence-electron chi connectivity index (χ1n) is 7.81. The lowest BCUT2D eigenvalue weighted by Crippen LogP contribution is -2.36. The van der Waals surface area contributed by atoms with E-state index in [1.165, 1.54) is 38.3 Å². The number of methoxy groups -OCH3 is 1. The maximum absolute atomic E-state index is 12.2. The molecule has 140 valence electrons. The van der Waals surface area contributed by atoms with Gasteiger partial charge in [-0.05, 0) is 45.0 Å². The van der Waals surface area contributed by atoms with Crippen LogP contribution in [0.3, 0.4) is 0 Å². The Morgan fingerprint density at radius 1 is 1.16 bits per heavy atom. The van der Waals surface area contributed by atoms with Crippen LogP contribution >= 0.6 is 0 Å². The van der Waals surface area contributed by atoms with Crippen LogP contribution in [-0.2, 0) is 24.3 Å². The second kappa shape index (κ2) is 9.50. The van der Waals surface area contributed by atoms with Crippen molar-refractivity contribution in [3.8, 4) is 0 Å². The number of nitrogens with one attached hydrogen (secondary N) is 2. The van der Waals surface area contributed by atoms with Crippen LogP contribution in [0.15, 0.2) is 29.2 Å². The third-order valence-corrected chi connectivity index (χ3v) is 4.78. The van der Waals surface area contributed by atoms with Crippen LogP contribution in [0.25, 0.3) is 0 Å². The zero-order valence-electron chi connectivity index (χ0n) is 14.7. The maximum Gasteiger partial charge on any atom is 0.338 e. The predicted octanol–water partition coefficient (Wildman–Crippen LogP) is 0.681.